The molecular weight excluding hydrogens is 260 g/mol. The minimum atomic E-state index is -0.229. The molecule has 21 heavy (non-hydrogen) atoms. The van der Waals surface area contributed by atoms with Gasteiger partial charge in [-0.15, -0.1) is 0 Å². The second-order valence-corrected chi connectivity index (χ2v) is 5.00. The first kappa shape index (κ1) is 13.3. The molecule has 0 amide bonds. The molecule has 0 fully saturated rings. The van der Waals surface area contributed by atoms with Crippen LogP contribution in [0.25, 0.3) is 11.0 Å². The molecule has 0 saturated heterocycles. The summed E-state index contributed by atoms with van der Waals surface area (Å²) < 4.78 is 1.91. The van der Waals surface area contributed by atoms with E-state index in [1.807, 2.05) is 47.0 Å². The van der Waals surface area contributed by atoms with E-state index in [0.717, 1.165) is 16.9 Å². The van der Waals surface area contributed by atoms with Crippen LogP contribution < -0.4 is 5.73 Å². The molecule has 0 aliphatic rings. The van der Waals surface area contributed by atoms with Crippen molar-refractivity contribution in [1.29, 1.82) is 5.26 Å². The predicted molar refractivity (Wildman–Crippen MR) is 82.4 cm³/mol. The number of hydrogen-bond donors (Lipinski definition) is 1. The zero-order valence-corrected chi connectivity index (χ0v) is 11.6. The second-order valence-electron chi connectivity index (χ2n) is 5.00. The molecule has 1 heterocycles. The van der Waals surface area contributed by atoms with Crippen LogP contribution in [0.2, 0.25) is 0 Å². The maximum atomic E-state index is 9.05. The number of nitrogens with two attached hydrogens (primary N) is 1. The summed E-state index contributed by atoms with van der Waals surface area (Å²) in [6.07, 6.45) is 0.704. The summed E-state index contributed by atoms with van der Waals surface area (Å²) in [6.45, 7) is 0.262. The largest absolute Gasteiger partial charge is 0.321 e. The number of imidazole rings is 1. The van der Waals surface area contributed by atoms with Crippen LogP contribution in [-0.2, 0) is 13.0 Å². The summed E-state index contributed by atoms with van der Waals surface area (Å²) >= 11 is 0. The van der Waals surface area contributed by atoms with E-state index in [2.05, 4.69) is 23.2 Å². The van der Waals surface area contributed by atoms with Crippen LogP contribution >= 0.6 is 0 Å². The van der Waals surface area contributed by atoms with Crippen molar-refractivity contribution in [2.75, 3.05) is 0 Å². The van der Waals surface area contributed by atoms with Crippen molar-refractivity contribution in [3.63, 3.8) is 0 Å². The average molecular weight is 276 g/mol. The van der Waals surface area contributed by atoms with Crippen molar-refractivity contribution >= 4 is 11.0 Å². The Morgan fingerprint density at radius 1 is 1.10 bits per heavy atom. The van der Waals surface area contributed by atoms with Crippen LogP contribution in [0.1, 0.15) is 17.4 Å². The topological polar surface area (TPSA) is 67.6 Å². The third-order valence-electron chi connectivity index (χ3n) is 3.54. The third kappa shape index (κ3) is 2.64. The van der Waals surface area contributed by atoms with Crippen molar-refractivity contribution < 1.29 is 0 Å². The summed E-state index contributed by atoms with van der Waals surface area (Å²) in [7, 11) is 0. The highest BCUT2D eigenvalue weighted by molar-refractivity contribution is 5.76. The first-order valence-electron chi connectivity index (χ1n) is 6.91. The molecule has 4 heteroatoms. The number of rotatable bonds is 4. The lowest BCUT2D eigenvalue weighted by Crippen LogP contribution is -2.19. The maximum Gasteiger partial charge on any atom is 0.128 e. The zero-order chi connectivity index (χ0) is 14.7. The minimum Gasteiger partial charge on any atom is -0.321 e. The Labute approximate surface area is 123 Å². The van der Waals surface area contributed by atoms with Gasteiger partial charge in [0.15, 0.2) is 0 Å². The lowest BCUT2D eigenvalue weighted by Gasteiger charge is -2.12. The molecule has 2 N–H and O–H groups in total. The molecule has 0 bridgehead atoms. The Morgan fingerprint density at radius 2 is 1.81 bits per heavy atom. The van der Waals surface area contributed by atoms with Crippen molar-refractivity contribution in [2.24, 2.45) is 5.73 Å². The third-order valence-corrected chi connectivity index (χ3v) is 3.54. The molecule has 1 atom stereocenters. The summed E-state index contributed by atoms with van der Waals surface area (Å²) in [6, 6.07) is 19.9. The van der Waals surface area contributed by atoms with Crippen molar-refractivity contribution in [2.45, 2.75) is 19.0 Å². The number of fused-ring (bicyclic) bond motifs is 1. The van der Waals surface area contributed by atoms with E-state index in [-0.39, 0.29) is 12.6 Å². The molecule has 1 unspecified atom stereocenters. The Bertz CT molecular complexity index is 783. The van der Waals surface area contributed by atoms with Gasteiger partial charge in [0.25, 0.3) is 0 Å². The van der Waals surface area contributed by atoms with Crippen LogP contribution in [0.15, 0.2) is 54.6 Å². The van der Waals surface area contributed by atoms with Crippen LogP contribution in [0, 0.1) is 11.3 Å². The molecule has 3 rings (SSSR count). The van der Waals surface area contributed by atoms with Crippen LogP contribution in [-0.4, -0.2) is 9.55 Å². The number of benzene rings is 2. The van der Waals surface area contributed by atoms with Gasteiger partial charge in [0, 0.05) is 0 Å². The molecule has 104 valence electrons. The Kier molecular flexibility index (Phi) is 3.67. The van der Waals surface area contributed by atoms with Crippen LogP contribution in [0.3, 0.4) is 0 Å². The molecule has 4 nitrogen and oxygen atoms in total. The van der Waals surface area contributed by atoms with Crippen LogP contribution in [0.4, 0.5) is 0 Å². The molecule has 0 spiro atoms. The van der Waals surface area contributed by atoms with Crippen LogP contribution in [0.5, 0.6) is 0 Å². The van der Waals surface area contributed by atoms with Crippen molar-refractivity contribution in [3.05, 3.63) is 66.0 Å². The molecule has 1 aromatic heterocycles. The first-order chi connectivity index (χ1) is 10.3. The van der Waals surface area contributed by atoms with E-state index in [0.29, 0.717) is 6.42 Å². The van der Waals surface area contributed by atoms with Gasteiger partial charge in [-0.25, -0.2) is 4.98 Å². The van der Waals surface area contributed by atoms with Gasteiger partial charge < -0.3 is 10.3 Å². The first-order valence-corrected chi connectivity index (χ1v) is 6.91. The number of aromatic nitrogens is 2. The monoisotopic (exact) mass is 276 g/mol. The fourth-order valence-corrected chi connectivity index (χ4v) is 2.57. The van der Waals surface area contributed by atoms with Crippen molar-refractivity contribution in [1.82, 2.24) is 9.55 Å². The van der Waals surface area contributed by atoms with E-state index in [1.165, 1.54) is 5.56 Å². The van der Waals surface area contributed by atoms with Gasteiger partial charge in [-0.2, -0.15) is 5.26 Å². The highest BCUT2D eigenvalue weighted by Crippen LogP contribution is 2.22. The molecule has 0 saturated carbocycles. The minimum absolute atomic E-state index is 0.229. The molecular formula is C17H16N4. The summed E-state index contributed by atoms with van der Waals surface area (Å²) in [5.41, 5.74) is 9.33. The smallest absolute Gasteiger partial charge is 0.128 e. The summed E-state index contributed by atoms with van der Waals surface area (Å²) in [4.78, 5) is 4.61. The molecule has 0 aliphatic carbocycles. The molecule has 2 aromatic carbocycles. The summed E-state index contributed by atoms with van der Waals surface area (Å²) in [5.74, 6) is 0.765. The van der Waals surface area contributed by atoms with E-state index in [9.17, 15) is 0 Å². The fraction of sp³-hybridized carbons (Fsp3) is 0.176. The average Bonchev–Trinajstić information content (AvgIpc) is 2.88. The zero-order valence-electron chi connectivity index (χ0n) is 11.6. The van der Waals surface area contributed by atoms with Gasteiger partial charge in [-0.05, 0) is 24.1 Å². The van der Waals surface area contributed by atoms with Gasteiger partial charge in [0.1, 0.15) is 12.4 Å². The second kappa shape index (κ2) is 5.78. The Hall–Kier alpha value is -2.64. The van der Waals surface area contributed by atoms with Gasteiger partial charge in [0.2, 0.25) is 0 Å². The normalized spacial score (nSPS) is 12.2. The quantitative estimate of drug-likeness (QED) is 0.796. The number of nitriles is 1. The highest BCUT2D eigenvalue weighted by atomic mass is 15.1. The molecule has 0 radical (unpaired) electrons. The van der Waals surface area contributed by atoms with E-state index < -0.39 is 0 Å². The number of nitrogens with zero attached hydrogens (tertiary/aromatic N) is 3. The van der Waals surface area contributed by atoms with Gasteiger partial charge in [-0.1, -0.05) is 42.5 Å². The van der Waals surface area contributed by atoms with Gasteiger partial charge in [0.05, 0.1) is 23.1 Å². The van der Waals surface area contributed by atoms with Crippen molar-refractivity contribution in [3.8, 4) is 6.07 Å². The van der Waals surface area contributed by atoms with E-state index in [4.69, 9.17) is 11.0 Å². The number of para-hydroxylation sites is 2. The fourth-order valence-electron chi connectivity index (χ4n) is 2.57. The van der Waals surface area contributed by atoms with Gasteiger partial charge in [-0.3, -0.25) is 0 Å². The molecule has 3 aromatic rings. The highest BCUT2D eigenvalue weighted by Gasteiger charge is 2.17. The lowest BCUT2D eigenvalue weighted by molar-refractivity contribution is 0.625. The standard InChI is InChI=1S/C17H16N4/c18-10-11-21-16-9-5-4-8-15(16)20-17(21)14(19)12-13-6-2-1-3-7-13/h1-9,14H,11-12,19H2. The SMILES string of the molecule is N#CCn1c(C(N)Cc2ccccc2)nc2ccccc21. The number of hydrogen-bond acceptors (Lipinski definition) is 3. The van der Waals surface area contributed by atoms with E-state index in [1.54, 1.807) is 0 Å². The molecule has 0 aliphatic heterocycles. The van der Waals surface area contributed by atoms with E-state index >= 15 is 0 Å². The predicted octanol–water partition coefficient (Wildman–Crippen LogP) is 2.80. The Balaban J connectivity index is 1.99. The Morgan fingerprint density at radius 3 is 2.57 bits per heavy atom. The lowest BCUT2D eigenvalue weighted by atomic mass is 10.1. The maximum absolute atomic E-state index is 9.05. The van der Waals surface area contributed by atoms with Gasteiger partial charge >= 0.3 is 0 Å². The summed E-state index contributed by atoms with van der Waals surface area (Å²) in [5, 5.41) is 9.05.